The molecule has 1 heterocycles. The summed E-state index contributed by atoms with van der Waals surface area (Å²) < 4.78 is 5.82. The van der Waals surface area contributed by atoms with E-state index in [-0.39, 0.29) is 11.5 Å². The van der Waals surface area contributed by atoms with Gasteiger partial charge in [0.15, 0.2) is 0 Å². The molecule has 1 aromatic carbocycles. The van der Waals surface area contributed by atoms with Gasteiger partial charge in [0.1, 0.15) is 11.4 Å². The maximum absolute atomic E-state index is 11.3. The molecule has 1 aromatic rings. The van der Waals surface area contributed by atoms with Crippen LogP contribution >= 0.6 is 0 Å². The molecular formula is C16H24N2O2. The molecule has 0 atom stereocenters. The molecule has 0 aromatic heterocycles. The van der Waals surface area contributed by atoms with Gasteiger partial charge in [0.25, 0.3) is 0 Å². The number of ether oxygens (including phenoxy) is 1. The van der Waals surface area contributed by atoms with E-state index in [4.69, 9.17) is 4.74 Å². The van der Waals surface area contributed by atoms with Gasteiger partial charge in [-0.3, -0.25) is 4.79 Å². The minimum absolute atomic E-state index is 0.165. The van der Waals surface area contributed by atoms with Crippen molar-refractivity contribution in [1.29, 1.82) is 0 Å². The van der Waals surface area contributed by atoms with Crippen LogP contribution in [0.4, 0.5) is 5.69 Å². The molecule has 4 nitrogen and oxygen atoms in total. The predicted molar refractivity (Wildman–Crippen MR) is 81.3 cm³/mol. The molecule has 1 saturated heterocycles. The number of hydrogen-bond donors (Lipinski definition) is 0. The fourth-order valence-electron chi connectivity index (χ4n) is 2.36. The van der Waals surface area contributed by atoms with Crippen molar-refractivity contribution in [3.8, 4) is 5.75 Å². The molecule has 0 spiro atoms. The van der Waals surface area contributed by atoms with Crippen molar-refractivity contribution in [2.45, 2.75) is 33.3 Å². The lowest BCUT2D eigenvalue weighted by Crippen LogP contribution is -2.48. The Morgan fingerprint density at radius 3 is 2.05 bits per heavy atom. The molecule has 0 N–H and O–H groups in total. The lowest BCUT2D eigenvalue weighted by molar-refractivity contribution is -0.129. The van der Waals surface area contributed by atoms with Crippen molar-refractivity contribution in [3.05, 3.63) is 24.3 Å². The second-order valence-electron chi connectivity index (χ2n) is 6.20. The van der Waals surface area contributed by atoms with Gasteiger partial charge in [-0.05, 0) is 45.0 Å². The molecule has 1 aliphatic heterocycles. The summed E-state index contributed by atoms with van der Waals surface area (Å²) in [6, 6.07) is 8.20. The summed E-state index contributed by atoms with van der Waals surface area (Å²) in [5, 5.41) is 0. The molecule has 4 heteroatoms. The largest absolute Gasteiger partial charge is 0.488 e. The number of amides is 1. The first-order chi connectivity index (χ1) is 9.35. The van der Waals surface area contributed by atoms with Crippen molar-refractivity contribution >= 4 is 11.6 Å². The highest BCUT2D eigenvalue weighted by atomic mass is 16.5. The van der Waals surface area contributed by atoms with Crippen LogP contribution in [-0.2, 0) is 4.79 Å². The Morgan fingerprint density at radius 2 is 1.60 bits per heavy atom. The average molecular weight is 276 g/mol. The summed E-state index contributed by atoms with van der Waals surface area (Å²) in [5.74, 6) is 1.06. The van der Waals surface area contributed by atoms with Crippen LogP contribution in [0.3, 0.4) is 0 Å². The fraction of sp³-hybridized carbons (Fsp3) is 0.562. The van der Waals surface area contributed by atoms with Gasteiger partial charge in [-0.2, -0.15) is 0 Å². The van der Waals surface area contributed by atoms with Gasteiger partial charge >= 0.3 is 0 Å². The third kappa shape index (κ3) is 3.89. The molecule has 1 aliphatic rings. The van der Waals surface area contributed by atoms with E-state index in [1.807, 2.05) is 37.8 Å². The number of rotatable bonds is 2. The molecule has 2 rings (SSSR count). The molecule has 1 fully saturated rings. The Bertz CT molecular complexity index is 454. The van der Waals surface area contributed by atoms with Crippen LogP contribution in [0.5, 0.6) is 5.75 Å². The van der Waals surface area contributed by atoms with Crippen LogP contribution in [0.15, 0.2) is 24.3 Å². The quantitative estimate of drug-likeness (QED) is 0.832. The first kappa shape index (κ1) is 14.7. The third-order valence-electron chi connectivity index (χ3n) is 3.35. The van der Waals surface area contributed by atoms with E-state index < -0.39 is 0 Å². The monoisotopic (exact) mass is 276 g/mol. The van der Waals surface area contributed by atoms with E-state index in [1.165, 1.54) is 5.69 Å². The first-order valence-corrected chi connectivity index (χ1v) is 7.15. The van der Waals surface area contributed by atoms with Crippen LogP contribution < -0.4 is 9.64 Å². The van der Waals surface area contributed by atoms with E-state index in [2.05, 4.69) is 17.0 Å². The molecule has 0 unspecified atom stereocenters. The summed E-state index contributed by atoms with van der Waals surface area (Å²) >= 11 is 0. The van der Waals surface area contributed by atoms with Crippen molar-refractivity contribution in [1.82, 2.24) is 4.90 Å². The normalized spacial score (nSPS) is 16.2. The van der Waals surface area contributed by atoms with Crippen molar-refractivity contribution in [2.75, 3.05) is 31.1 Å². The zero-order valence-electron chi connectivity index (χ0n) is 12.8. The van der Waals surface area contributed by atoms with Gasteiger partial charge in [0.2, 0.25) is 5.91 Å². The summed E-state index contributed by atoms with van der Waals surface area (Å²) in [5.41, 5.74) is 1.02. The van der Waals surface area contributed by atoms with E-state index >= 15 is 0 Å². The number of carbonyl (C=O) groups excluding carboxylic acids is 1. The zero-order chi connectivity index (χ0) is 14.8. The van der Waals surface area contributed by atoms with E-state index in [1.54, 1.807) is 6.92 Å². The Balaban J connectivity index is 1.96. The topological polar surface area (TPSA) is 32.8 Å². The van der Waals surface area contributed by atoms with Gasteiger partial charge in [-0.25, -0.2) is 0 Å². The van der Waals surface area contributed by atoms with Gasteiger partial charge in [0.05, 0.1) is 0 Å². The van der Waals surface area contributed by atoms with Crippen molar-refractivity contribution in [3.63, 3.8) is 0 Å². The molecule has 1 amide bonds. The minimum atomic E-state index is -0.172. The van der Waals surface area contributed by atoms with Crippen molar-refractivity contribution < 1.29 is 9.53 Å². The van der Waals surface area contributed by atoms with Crippen molar-refractivity contribution in [2.24, 2.45) is 0 Å². The van der Waals surface area contributed by atoms with Crippen LogP contribution in [0.25, 0.3) is 0 Å². The fourth-order valence-corrected chi connectivity index (χ4v) is 2.36. The lowest BCUT2D eigenvalue weighted by atomic mass is 10.2. The molecule has 0 aliphatic carbocycles. The SMILES string of the molecule is CC(=O)N1CCN(c2ccc(OC(C)(C)C)cc2)CC1. The number of anilines is 1. The van der Waals surface area contributed by atoms with Gasteiger partial charge in [-0.1, -0.05) is 0 Å². The predicted octanol–water partition coefficient (Wildman–Crippen LogP) is 2.53. The smallest absolute Gasteiger partial charge is 0.219 e. The van der Waals surface area contributed by atoms with Crippen LogP contribution in [0.1, 0.15) is 27.7 Å². The van der Waals surface area contributed by atoms with Crippen LogP contribution in [0, 0.1) is 0 Å². The highest BCUT2D eigenvalue weighted by Gasteiger charge is 2.19. The molecule has 0 bridgehead atoms. The Labute approximate surface area is 121 Å². The number of hydrogen-bond acceptors (Lipinski definition) is 3. The Hall–Kier alpha value is -1.71. The second-order valence-corrected chi connectivity index (χ2v) is 6.20. The lowest BCUT2D eigenvalue weighted by Gasteiger charge is -2.35. The number of nitrogens with zero attached hydrogens (tertiary/aromatic N) is 2. The maximum atomic E-state index is 11.3. The third-order valence-corrected chi connectivity index (χ3v) is 3.35. The van der Waals surface area contributed by atoms with E-state index in [0.717, 1.165) is 31.9 Å². The molecular weight excluding hydrogens is 252 g/mol. The summed E-state index contributed by atoms with van der Waals surface area (Å²) in [4.78, 5) is 15.5. The number of piperazine rings is 1. The number of benzene rings is 1. The first-order valence-electron chi connectivity index (χ1n) is 7.15. The standard InChI is InChI=1S/C16H24N2O2/c1-13(19)17-9-11-18(12-10-17)14-5-7-15(8-6-14)20-16(2,3)4/h5-8H,9-12H2,1-4H3. The van der Waals surface area contributed by atoms with Crippen LogP contribution in [-0.4, -0.2) is 42.6 Å². The van der Waals surface area contributed by atoms with Gasteiger partial charge in [-0.15, -0.1) is 0 Å². The molecule has 110 valence electrons. The highest BCUT2D eigenvalue weighted by Crippen LogP contribution is 2.23. The number of carbonyl (C=O) groups is 1. The van der Waals surface area contributed by atoms with Gasteiger partial charge in [0, 0.05) is 38.8 Å². The van der Waals surface area contributed by atoms with E-state index in [0.29, 0.717) is 0 Å². The minimum Gasteiger partial charge on any atom is -0.488 e. The summed E-state index contributed by atoms with van der Waals surface area (Å²) in [6.45, 7) is 11.1. The highest BCUT2D eigenvalue weighted by molar-refractivity contribution is 5.73. The summed E-state index contributed by atoms with van der Waals surface area (Å²) in [7, 11) is 0. The van der Waals surface area contributed by atoms with Gasteiger partial charge < -0.3 is 14.5 Å². The zero-order valence-corrected chi connectivity index (χ0v) is 12.8. The molecule has 0 radical (unpaired) electrons. The van der Waals surface area contributed by atoms with E-state index in [9.17, 15) is 4.79 Å². The second kappa shape index (κ2) is 5.73. The Kier molecular flexibility index (Phi) is 4.21. The maximum Gasteiger partial charge on any atom is 0.219 e. The molecule has 20 heavy (non-hydrogen) atoms. The average Bonchev–Trinajstić information content (AvgIpc) is 2.38. The summed E-state index contributed by atoms with van der Waals surface area (Å²) in [6.07, 6.45) is 0. The molecule has 0 saturated carbocycles. The van der Waals surface area contributed by atoms with Crippen LogP contribution in [0.2, 0.25) is 0 Å². The Morgan fingerprint density at radius 1 is 1.05 bits per heavy atom.